The number of rotatable bonds is 4. The molecular formula is C10H11FO3. The Morgan fingerprint density at radius 1 is 1.50 bits per heavy atom. The molecule has 0 atom stereocenters. The fourth-order valence-electron chi connectivity index (χ4n) is 0.928. The Balaban J connectivity index is 2.52. The van der Waals surface area contributed by atoms with Crippen LogP contribution in [0, 0.1) is 5.82 Å². The van der Waals surface area contributed by atoms with Crippen LogP contribution in [0.15, 0.2) is 24.3 Å². The summed E-state index contributed by atoms with van der Waals surface area (Å²) in [6.45, 7) is 0.113. The summed E-state index contributed by atoms with van der Waals surface area (Å²) < 4.78 is 17.4. The summed E-state index contributed by atoms with van der Waals surface area (Å²) in [4.78, 5) is 11.2. The topological polar surface area (TPSA) is 46.5 Å². The summed E-state index contributed by atoms with van der Waals surface area (Å²) in [6.07, 6.45) is 0.390. The first-order valence-corrected chi connectivity index (χ1v) is 4.27. The number of ether oxygens (including phenoxy) is 1. The van der Waals surface area contributed by atoms with Crippen LogP contribution in [0.4, 0.5) is 4.39 Å². The van der Waals surface area contributed by atoms with E-state index in [1.807, 2.05) is 0 Å². The van der Waals surface area contributed by atoms with Gasteiger partial charge in [-0.25, -0.2) is 9.18 Å². The smallest absolute Gasteiger partial charge is 0.338 e. The predicted octanol–water partition coefficient (Wildman–Crippen LogP) is 1.36. The largest absolute Gasteiger partial charge is 0.462 e. The van der Waals surface area contributed by atoms with Gasteiger partial charge in [-0.1, -0.05) is 6.07 Å². The molecule has 0 saturated carbocycles. The zero-order chi connectivity index (χ0) is 10.4. The molecule has 0 fully saturated rings. The molecule has 14 heavy (non-hydrogen) atoms. The average molecular weight is 198 g/mol. The molecule has 0 heterocycles. The Morgan fingerprint density at radius 2 is 2.29 bits per heavy atom. The van der Waals surface area contributed by atoms with Crippen molar-refractivity contribution in [3.05, 3.63) is 35.6 Å². The second-order valence-electron chi connectivity index (χ2n) is 2.72. The molecule has 0 bridgehead atoms. The Kier molecular flexibility index (Phi) is 4.07. The fourth-order valence-corrected chi connectivity index (χ4v) is 0.928. The van der Waals surface area contributed by atoms with Crippen LogP contribution in [0.3, 0.4) is 0 Å². The van der Waals surface area contributed by atoms with E-state index in [9.17, 15) is 9.18 Å². The van der Waals surface area contributed by atoms with Gasteiger partial charge < -0.3 is 9.84 Å². The molecule has 76 valence electrons. The lowest BCUT2D eigenvalue weighted by atomic mass is 10.2. The highest BCUT2D eigenvalue weighted by Crippen LogP contribution is 2.05. The van der Waals surface area contributed by atoms with Gasteiger partial charge in [-0.2, -0.15) is 0 Å². The quantitative estimate of drug-likeness (QED) is 0.587. The van der Waals surface area contributed by atoms with Gasteiger partial charge in [0.1, 0.15) is 5.82 Å². The minimum Gasteiger partial charge on any atom is -0.462 e. The number of hydrogen-bond donors (Lipinski definition) is 1. The van der Waals surface area contributed by atoms with Crippen molar-refractivity contribution < 1.29 is 19.0 Å². The van der Waals surface area contributed by atoms with Gasteiger partial charge in [0, 0.05) is 13.0 Å². The Labute approximate surface area is 81.1 Å². The third kappa shape index (κ3) is 3.14. The molecule has 0 aliphatic heterocycles. The minimum atomic E-state index is -0.571. The summed E-state index contributed by atoms with van der Waals surface area (Å²) in [6, 6.07) is 5.29. The van der Waals surface area contributed by atoms with E-state index in [-0.39, 0.29) is 18.8 Å². The van der Waals surface area contributed by atoms with Crippen LogP contribution in [0.1, 0.15) is 16.8 Å². The fraction of sp³-hybridized carbons (Fsp3) is 0.300. The molecule has 0 unspecified atom stereocenters. The van der Waals surface area contributed by atoms with Gasteiger partial charge in [0.2, 0.25) is 0 Å². The number of carbonyl (C=O) groups excluding carboxylic acids is 1. The summed E-state index contributed by atoms with van der Waals surface area (Å²) >= 11 is 0. The highest BCUT2D eigenvalue weighted by Gasteiger charge is 2.06. The number of benzene rings is 1. The van der Waals surface area contributed by atoms with Crippen LogP contribution >= 0.6 is 0 Å². The summed E-state index contributed by atoms with van der Waals surface area (Å²) in [5.74, 6) is -1.04. The van der Waals surface area contributed by atoms with E-state index < -0.39 is 11.8 Å². The van der Waals surface area contributed by atoms with Crippen molar-refractivity contribution in [1.29, 1.82) is 0 Å². The minimum absolute atomic E-state index is 0.0313. The molecule has 0 aliphatic carbocycles. The van der Waals surface area contributed by atoms with Crippen molar-refractivity contribution in [3.8, 4) is 0 Å². The average Bonchev–Trinajstić information content (AvgIpc) is 2.18. The molecular weight excluding hydrogens is 187 g/mol. The number of aliphatic hydroxyl groups is 1. The maximum atomic E-state index is 12.7. The highest BCUT2D eigenvalue weighted by atomic mass is 19.1. The Morgan fingerprint density at radius 3 is 2.93 bits per heavy atom. The lowest BCUT2D eigenvalue weighted by Gasteiger charge is -2.02. The molecule has 0 radical (unpaired) electrons. The number of carbonyl (C=O) groups is 1. The monoisotopic (exact) mass is 198 g/mol. The maximum Gasteiger partial charge on any atom is 0.338 e. The molecule has 1 aromatic carbocycles. The van der Waals surface area contributed by atoms with Crippen LogP contribution < -0.4 is 0 Å². The van der Waals surface area contributed by atoms with Crippen molar-refractivity contribution in [2.75, 3.05) is 13.2 Å². The van der Waals surface area contributed by atoms with E-state index in [1.54, 1.807) is 0 Å². The summed E-state index contributed by atoms with van der Waals surface area (Å²) in [7, 11) is 0. The molecule has 0 saturated heterocycles. The van der Waals surface area contributed by atoms with E-state index >= 15 is 0 Å². The lowest BCUT2D eigenvalue weighted by Crippen LogP contribution is -2.07. The SMILES string of the molecule is O=C(OCCCO)c1cccc(F)c1. The molecule has 0 aliphatic rings. The predicted molar refractivity (Wildman–Crippen MR) is 48.4 cm³/mol. The highest BCUT2D eigenvalue weighted by molar-refractivity contribution is 5.89. The van der Waals surface area contributed by atoms with Crippen LogP contribution in [0.2, 0.25) is 0 Å². The van der Waals surface area contributed by atoms with Crippen molar-refractivity contribution in [1.82, 2.24) is 0 Å². The van der Waals surface area contributed by atoms with Gasteiger partial charge in [0.25, 0.3) is 0 Å². The molecule has 0 spiro atoms. The van der Waals surface area contributed by atoms with Crippen molar-refractivity contribution in [2.24, 2.45) is 0 Å². The molecule has 0 amide bonds. The van der Waals surface area contributed by atoms with Crippen LogP contribution in [-0.2, 0) is 4.74 Å². The van der Waals surface area contributed by atoms with E-state index in [0.29, 0.717) is 6.42 Å². The molecule has 3 nitrogen and oxygen atoms in total. The third-order valence-electron chi connectivity index (χ3n) is 1.60. The van der Waals surface area contributed by atoms with Crippen LogP contribution in [0.5, 0.6) is 0 Å². The zero-order valence-electron chi connectivity index (χ0n) is 7.57. The van der Waals surface area contributed by atoms with Gasteiger partial charge >= 0.3 is 5.97 Å². The van der Waals surface area contributed by atoms with Crippen molar-refractivity contribution >= 4 is 5.97 Å². The van der Waals surface area contributed by atoms with E-state index in [2.05, 4.69) is 0 Å². The first-order chi connectivity index (χ1) is 6.74. The van der Waals surface area contributed by atoms with Gasteiger partial charge in [-0.05, 0) is 18.2 Å². The van der Waals surface area contributed by atoms with E-state index in [0.717, 1.165) is 6.07 Å². The molecule has 0 aromatic heterocycles. The summed E-state index contributed by atoms with van der Waals surface area (Å²) in [5, 5.41) is 8.44. The van der Waals surface area contributed by atoms with Gasteiger partial charge in [-0.3, -0.25) is 0 Å². The second-order valence-corrected chi connectivity index (χ2v) is 2.72. The number of hydrogen-bond acceptors (Lipinski definition) is 3. The van der Waals surface area contributed by atoms with E-state index in [4.69, 9.17) is 9.84 Å². The molecule has 1 N–H and O–H groups in total. The van der Waals surface area contributed by atoms with Crippen molar-refractivity contribution in [2.45, 2.75) is 6.42 Å². The second kappa shape index (κ2) is 5.34. The third-order valence-corrected chi connectivity index (χ3v) is 1.60. The van der Waals surface area contributed by atoms with Crippen LogP contribution in [-0.4, -0.2) is 24.3 Å². The lowest BCUT2D eigenvalue weighted by molar-refractivity contribution is 0.0481. The molecule has 1 rings (SSSR count). The van der Waals surface area contributed by atoms with Crippen LogP contribution in [0.25, 0.3) is 0 Å². The first kappa shape index (κ1) is 10.7. The van der Waals surface area contributed by atoms with Gasteiger partial charge in [0.05, 0.1) is 12.2 Å². The first-order valence-electron chi connectivity index (χ1n) is 4.27. The van der Waals surface area contributed by atoms with E-state index in [1.165, 1.54) is 18.2 Å². The Hall–Kier alpha value is -1.42. The standard InChI is InChI=1S/C10H11FO3/c11-9-4-1-3-8(7-9)10(13)14-6-2-5-12/h1,3-4,7,12H,2,5-6H2. The summed E-state index contributed by atoms with van der Waals surface area (Å²) in [5.41, 5.74) is 0.183. The normalized spacial score (nSPS) is 9.86. The molecule has 4 heteroatoms. The van der Waals surface area contributed by atoms with Gasteiger partial charge in [-0.15, -0.1) is 0 Å². The van der Waals surface area contributed by atoms with Gasteiger partial charge in [0.15, 0.2) is 0 Å². The number of esters is 1. The number of aliphatic hydroxyl groups excluding tert-OH is 1. The Bertz CT molecular complexity index is 312. The van der Waals surface area contributed by atoms with Crippen molar-refractivity contribution in [3.63, 3.8) is 0 Å². The molecule has 1 aromatic rings. The maximum absolute atomic E-state index is 12.7. The zero-order valence-corrected chi connectivity index (χ0v) is 7.57. The number of halogens is 1.